The number of nitrogens with zero attached hydrogens (tertiary/aromatic N) is 6. The summed E-state index contributed by atoms with van der Waals surface area (Å²) < 4.78 is 29.6. The Kier molecular flexibility index (Phi) is 5.75. The van der Waals surface area contributed by atoms with E-state index in [9.17, 15) is 13.6 Å². The second kappa shape index (κ2) is 8.80. The van der Waals surface area contributed by atoms with Gasteiger partial charge in [0.25, 0.3) is 5.95 Å². The summed E-state index contributed by atoms with van der Waals surface area (Å²) in [6.07, 6.45) is 2.81. The van der Waals surface area contributed by atoms with Crippen LogP contribution in [0.1, 0.15) is 15.3 Å². The number of aromatic amines is 1. The van der Waals surface area contributed by atoms with Gasteiger partial charge in [-0.25, -0.2) is 33.3 Å². The lowest BCUT2D eigenvalue weighted by atomic mass is 10.0. The van der Waals surface area contributed by atoms with Gasteiger partial charge in [0.1, 0.15) is 23.5 Å². The summed E-state index contributed by atoms with van der Waals surface area (Å²) in [5, 5.41) is 11.3. The van der Waals surface area contributed by atoms with Gasteiger partial charge in [-0.05, 0) is 24.3 Å². The van der Waals surface area contributed by atoms with E-state index in [1.807, 2.05) is 13.8 Å². The molecule has 3 aromatic heterocycles. The maximum Gasteiger partial charge on any atom is 0.361 e. The summed E-state index contributed by atoms with van der Waals surface area (Å²) in [6.45, 7) is 4.00. The molecule has 0 saturated carbocycles. The third-order valence-electron chi connectivity index (χ3n) is 4.48. The Morgan fingerprint density at radius 3 is 2.41 bits per heavy atom. The summed E-state index contributed by atoms with van der Waals surface area (Å²) in [5.74, 6) is -1.21. The highest BCUT2D eigenvalue weighted by atomic mass is 19.1. The number of fused-ring (bicyclic) bond motifs is 1. The molecule has 0 aliphatic rings. The standard InChI is InChI=1S/C20H11F2N7O.C2H6.H2/c21-13-5-2-6-14(22)17(13)16-9-11-3-1-4-12(18(11)27-26-16)15-7-8-23-19(25-15)29-10-24-20(30)28-29;1-2;/h1-10H,(H,28,30);1-2H3;1H. The monoisotopic (exact) mass is 435 g/mol. The zero-order valence-electron chi connectivity index (χ0n) is 17.1. The first-order chi connectivity index (χ1) is 15.6. The summed E-state index contributed by atoms with van der Waals surface area (Å²) in [5.41, 5.74) is 1.01. The molecule has 5 rings (SSSR count). The molecule has 0 amide bonds. The number of benzene rings is 2. The molecule has 0 spiro atoms. The predicted molar refractivity (Wildman–Crippen MR) is 117 cm³/mol. The van der Waals surface area contributed by atoms with Crippen molar-refractivity contribution in [2.45, 2.75) is 13.8 Å². The molecule has 32 heavy (non-hydrogen) atoms. The van der Waals surface area contributed by atoms with Gasteiger partial charge in [0.05, 0.1) is 17.0 Å². The minimum Gasteiger partial charge on any atom is -0.244 e. The fourth-order valence-corrected chi connectivity index (χ4v) is 3.13. The van der Waals surface area contributed by atoms with E-state index in [1.54, 1.807) is 30.3 Å². The van der Waals surface area contributed by atoms with E-state index >= 15 is 0 Å². The Hall–Kier alpha value is -4.34. The van der Waals surface area contributed by atoms with Crippen molar-refractivity contribution >= 4 is 10.9 Å². The largest absolute Gasteiger partial charge is 0.361 e. The summed E-state index contributed by atoms with van der Waals surface area (Å²) in [7, 11) is 0. The third kappa shape index (κ3) is 3.85. The Balaban J connectivity index is 0.000000994. The Bertz CT molecular complexity index is 1450. The van der Waals surface area contributed by atoms with E-state index in [0.717, 1.165) is 0 Å². The number of aromatic nitrogens is 7. The highest BCUT2D eigenvalue weighted by Crippen LogP contribution is 2.30. The van der Waals surface area contributed by atoms with Gasteiger partial charge >= 0.3 is 5.69 Å². The van der Waals surface area contributed by atoms with Crippen LogP contribution in [0.3, 0.4) is 0 Å². The Labute approximate surface area is 182 Å². The molecule has 0 unspecified atom stereocenters. The van der Waals surface area contributed by atoms with E-state index in [2.05, 4.69) is 30.2 Å². The number of hydrogen-bond acceptors (Lipinski definition) is 6. The normalized spacial score (nSPS) is 10.6. The molecule has 3 heterocycles. The lowest BCUT2D eigenvalue weighted by molar-refractivity contribution is 0.588. The lowest BCUT2D eigenvalue weighted by Crippen LogP contribution is -2.08. The zero-order valence-corrected chi connectivity index (χ0v) is 17.1. The number of rotatable bonds is 3. The minimum absolute atomic E-state index is 0. The quantitative estimate of drug-likeness (QED) is 0.456. The molecule has 8 nitrogen and oxygen atoms in total. The summed E-state index contributed by atoms with van der Waals surface area (Å²) in [6, 6.07) is 12.2. The number of hydrogen-bond donors (Lipinski definition) is 1. The first-order valence-electron chi connectivity index (χ1n) is 9.78. The van der Waals surface area contributed by atoms with E-state index in [4.69, 9.17) is 0 Å². The van der Waals surface area contributed by atoms with Crippen LogP contribution in [0, 0.1) is 11.6 Å². The van der Waals surface area contributed by atoms with Crippen molar-refractivity contribution in [3.8, 4) is 28.5 Å². The van der Waals surface area contributed by atoms with E-state index < -0.39 is 17.3 Å². The molecule has 5 aromatic rings. The molecular formula is C22H19F2N7O. The maximum atomic E-state index is 14.1. The number of H-pyrrole nitrogens is 1. The van der Waals surface area contributed by atoms with Gasteiger partial charge in [0.2, 0.25) is 0 Å². The van der Waals surface area contributed by atoms with Crippen LogP contribution in [0.5, 0.6) is 0 Å². The molecule has 0 radical (unpaired) electrons. The first-order valence-corrected chi connectivity index (χ1v) is 9.78. The molecule has 162 valence electrons. The van der Waals surface area contributed by atoms with E-state index in [-0.39, 0.29) is 18.6 Å². The van der Waals surface area contributed by atoms with Gasteiger partial charge in [-0.2, -0.15) is 4.98 Å². The molecule has 10 heteroatoms. The fourth-order valence-electron chi connectivity index (χ4n) is 3.13. The molecule has 0 fully saturated rings. The lowest BCUT2D eigenvalue weighted by Gasteiger charge is -2.08. The average molecular weight is 435 g/mol. The third-order valence-corrected chi connectivity index (χ3v) is 4.48. The molecule has 0 atom stereocenters. The van der Waals surface area contributed by atoms with Crippen molar-refractivity contribution in [1.29, 1.82) is 0 Å². The average Bonchev–Trinajstić information content (AvgIpc) is 3.26. The van der Waals surface area contributed by atoms with Crippen molar-refractivity contribution < 1.29 is 10.2 Å². The Morgan fingerprint density at radius 2 is 1.69 bits per heavy atom. The number of halogens is 2. The van der Waals surface area contributed by atoms with Crippen LogP contribution in [0.4, 0.5) is 8.78 Å². The second-order valence-electron chi connectivity index (χ2n) is 6.34. The van der Waals surface area contributed by atoms with Crippen molar-refractivity contribution in [3.05, 3.63) is 83.2 Å². The fraction of sp³-hybridized carbons (Fsp3) is 0.0909. The summed E-state index contributed by atoms with van der Waals surface area (Å²) >= 11 is 0. The maximum absolute atomic E-state index is 14.1. The minimum atomic E-state index is -0.713. The molecule has 2 aromatic carbocycles. The van der Waals surface area contributed by atoms with Crippen LogP contribution in [0.15, 0.2) is 65.8 Å². The Morgan fingerprint density at radius 1 is 0.938 bits per heavy atom. The van der Waals surface area contributed by atoms with E-state index in [1.165, 1.54) is 35.4 Å². The van der Waals surface area contributed by atoms with Crippen LogP contribution in [-0.2, 0) is 0 Å². The molecule has 0 aliphatic carbocycles. The highest BCUT2D eigenvalue weighted by molar-refractivity contribution is 5.93. The van der Waals surface area contributed by atoms with Crippen LogP contribution in [-0.4, -0.2) is 34.9 Å². The first kappa shape index (κ1) is 20.9. The van der Waals surface area contributed by atoms with Crippen LogP contribution < -0.4 is 5.69 Å². The molecule has 0 aliphatic heterocycles. The van der Waals surface area contributed by atoms with Crippen molar-refractivity contribution in [3.63, 3.8) is 0 Å². The van der Waals surface area contributed by atoms with Crippen LogP contribution in [0.2, 0.25) is 0 Å². The predicted octanol–water partition coefficient (Wildman–Crippen LogP) is 4.18. The molecule has 0 saturated heterocycles. The molecular weight excluding hydrogens is 416 g/mol. The van der Waals surface area contributed by atoms with Crippen LogP contribution >= 0.6 is 0 Å². The molecule has 0 bridgehead atoms. The SMILES string of the molecule is CC.O=c1ncn(-c2nccc(-c3cccc4cc(-c5c(F)cccc5F)nnc34)n2)[nH]1.[HH]. The van der Waals surface area contributed by atoms with Gasteiger partial charge in [0.15, 0.2) is 0 Å². The summed E-state index contributed by atoms with van der Waals surface area (Å²) in [4.78, 5) is 23.4. The van der Waals surface area contributed by atoms with E-state index in [0.29, 0.717) is 22.2 Å². The zero-order chi connectivity index (χ0) is 22.7. The molecule has 1 N–H and O–H groups in total. The van der Waals surface area contributed by atoms with Crippen molar-refractivity contribution in [2.24, 2.45) is 0 Å². The van der Waals surface area contributed by atoms with Crippen molar-refractivity contribution in [1.82, 2.24) is 34.9 Å². The van der Waals surface area contributed by atoms with Gasteiger partial charge in [-0.15, -0.1) is 10.2 Å². The smallest absolute Gasteiger partial charge is 0.244 e. The van der Waals surface area contributed by atoms with Gasteiger partial charge in [-0.3, -0.25) is 0 Å². The highest BCUT2D eigenvalue weighted by Gasteiger charge is 2.15. The number of nitrogens with one attached hydrogen (secondary N) is 1. The second-order valence-corrected chi connectivity index (χ2v) is 6.34. The van der Waals surface area contributed by atoms with Gasteiger partial charge < -0.3 is 0 Å². The van der Waals surface area contributed by atoms with Crippen LogP contribution in [0.25, 0.3) is 39.4 Å². The van der Waals surface area contributed by atoms with Gasteiger partial charge in [-0.1, -0.05) is 38.1 Å². The van der Waals surface area contributed by atoms with Gasteiger partial charge in [0, 0.05) is 18.6 Å². The topological polar surface area (TPSA) is 102 Å². The van der Waals surface area contributed by atoms with Crippen molar-refractivity contribution in [2.75, 3.05) is 0 Å².